The summed E-state index contributed by atoms with van der Waals surface area (Å²) < 4.78 is 103. The molecular formula is C28H32F6N2O6. The number of carbonyl (C=O) groups excluding carboxylic acids is 2. The fraction of sp³-hybridized carbons (Fsp3) is 0.500. The number of rotatable bonds is 8. The van der Waals surface area contributed by atoms with E-state index in [-0.39, 0.29) is 36.3 Å². The van der Waals surface area contributed by atoms with Crippen LogP contribution in [0.4, 0.5) is 41.6 Å². The summed E-state index contributed by atoms with van der Waals surface area (Å²) in [5.74, 6) is 0.534. The number of anilines is 1. The zero-order valence-corrected chi connectivity index (χ0v) is 23.7. The van der Waals surface area contributed by atoms with Gasteiger partial charge in [0.05, 0.1) is 50.3 Å². The average molecular weight is 607 g/mol. The first-order valence-corrected chi connectivity index (χ1v) is 13.1. The van der Waals surface area contributed by atoms with Gasteiger partial charge in [-0.25, -0.2) is 9.59 Å². The molecule has 42 heavy (non-hydrogen) atoms. The standard InChI is InChI=1S/C28H32F6N2O6/c1-6-8-42-24-13-20-21(9-16(3)36(26(38)41-7-2)22(20)14-23(24)39-4)35(25(37)40-5)15-17-10-18(27(29,30)31)12-19(11-17)28(32,33)34/h10-14,16,21H,6-9,15H2,1-5H3. The highest BCUT2D eigenvalue weighted by atomic mass is 19.4. The van der Waals surface area contributed by atoms with Gasteiger partial charge in [-0.2, -0.15) is 26.3 Å². The molecular weight excluding hydrogens is 574 g/mol. The predicted octanol–water partition coefficient (Wildman–Crippen LogP) is 7.59. The predicted molar refractivity (Wildman–Crippen MR) is 139 cm³/mol. The summed E-state index contributed by atoms with van der Waals surface area (Å²) in [5, 5.41) is 0. The largest absolute Gasteiger partial charge is 0.493 e. The van der Waals surface area contributed by atoms with Crippen LogP contribution in [0.2, 0.25) is 0 Å². The summed E-state index contributed by atoms with van der Waals surface area (Å²) in [4.78, 5) is 28.4. The maximum Gasteiger partial charge on any atom is 0.416 e. The van der Waals surface area contributed by atoms with Gasteiger partial charge >= 0.3 is 24.5 Å². The first-order chi connectivity index (χ1) is 19.7. The number of fused-ring (bicyclic) bond motifs is 1. The number of halogens is 6. The maximum atomic E-state index is 13.6. The molecule has 0 fully saturated rings. The number of methoxy groups -OCH3 is 2. The third-order valence-electron chi connectivity index (χ3n) is 6.65. The Morgan fingerprint density at radius 1 is 0.952 bits per heavy atom. The molecule has 2 atom stereocenters. The molecule has 0 aliphatic carbocycles. The first kappa shape index (κ1) is 32.7. The minimum atomic E-state index is -5.07. The van der Waals surface area contributed by atoms with Crippen molar-refractivity contribution in [1.82, 2.24) is 4.90 Å². The molecule has 0 saturated heterocycles. The van der Waals surface area contributed by atoms with Crippen LogP contribution in [-0.2, 0) is 28.4 Å². The molecule has 0 aromatic heterocycles. The van der Waals surface area contributed by atoms with Gasteiger partial charge in [-0.15, -0.1) is 0 Å². The topological polar surface area (TPSA) is 77.5 Å². The Bertz CT molecular complexity index is 1250. The van der Waals surface area contributed by atoms with Gasteiger partial charge in [0.1, 0.15) is 0 Å². The molecule has 3 rings (SSSR count). The molecule has 2 aromatic carbocycles. The van der Waals surface area contributed by atoms with Crippen LogP contribution in [0, 0.1) is 0 Å². The molecule has 8 nitrogen and oxygen atoms in total. The molecule has 2 aromatic rings. The lowest BCUT2D eigenvalue weighted by molar-refractivity contribution is -0.143. The molecule has 14 heteroatoms. The molecule has 0 N–H and O–H groups in total. The highest BCUT2D eigenvalue weighted by molar-refractivity contribution is 5.91. The second-order valence-corrected chi connectivity index (χ2v) is 9.59. The Kier molecular flexibility index (Phi) is 10.1. The fourth-order valence-electron chi connectivity index (χ4n) is 4.81. The van der Waals surface area contributed by atoms with Gasteiger partial charge in [0.2, 0.25) is 0 Å². The Balaban J connectivity index is 2.22. The van der Waals surface area contributed by atoms with E-state index in [2.05, 4.69) is 0 Å². The van der Waals surface area contributed by atoms with E-state index in [4.69, 9.17) is 18.9 Å². The molecule has 2 amide bonds. The summed E-state index contributed by atoms with van der Waals surface area (Å²) in [7, 11) is 2.44. The highest BCUT2D eigenvalue weighted by Gasteiger charge is 2.41. The van der Waals surface area contributed by atoms with Crippen molar-refractivity contribution in [2.24, 2.45) is 0 Å². The summed E-state index contributed by atoms with van der Waals surface area (Å²) in [6.07, 6.45) is -11.1. The average Bonchev–Trinajstić information content (AvgIpc) is 2.92. The van der Waals surface area contributed by atoms with Crippen molar-refractivity contribution in [2.45, 2.75) is 64.6 Å². The summed E-state index contributed by atoms with van der Waals surface area (Å²) in [5.41, 5.74) is -2.83. The van der Waals surface area contributed by atoms with Crippen molar-refractivity contribution < 1.29 is 54.9 Å². The van der Waals surface area contributed by atoms with Crippen LogP contribution in [0.25, 0.3) is 0 Å². The van der Waals surface area contributed by atoms with Gasteiger partial charge in [0.25, 0.3) is 0 Å². The van der Waals surface area contributed by atoms with Crippen LogP contribution in [-0.4, -0.2) is 50.6 Å². The van der Waals surface area contributed by atoms with Crippen molar-refractivity contribution in [3.63, 3.8) is 0 Å². The van der Waals surface area contributed by atoms with Crippen LogP contribution >= 0.6 is 0 Å². The van der Waals surface area contributed by atoms with Crippen LogP contribution in [0.3, 0.4) is 0 Å². The van der Waals surface area contributed by atoms with Crippen molar-refractivity contribution in [3.05, 3.63) is 52.6 Å². The molecule has 0 saturated carbocycles. The third-order valence-corrected chi connectivity index (χ3v) is 6.65. The summed E-state index contributed by atoms with van der Waals surface area (Å²) in [6.45, 7) is 4.88. The van der Waals surface area contributed by atoms with Gasteiger partial charge in [-0.05, 0) is 56.5 Å². The zero-order valence-electron chi connectivity index (χ0n) is 23.7. The second kappa shape index (κ2) is 13.0. The molecule has 0 radical (unpaired) electrons. The number of amides is 2. The van der Waals surface area contributed by atoms with E-state index < -0.39 is 59.9 Å². The second-order valence-electron chi connectivity index (χ2n) is 9.59. The van der Waals surface area contributed by atoms with E-state index in [9.17, 15) is 35.9 Å². The Hall–Kier alpha value is -3.84. The summed E-state index contributed by atoms with van der Waals surface area (Å²) >= 11 is 0. The molecule has 232 valence electrons. The summed E-state index contributed by atoms with van der Waals surface area (Å²) in [6, 6.07) is 2.63. The molecule has 0 bridgehead atoms. The number of carbonyl (C=O) groups is 2. The number of benzene rings is 2. The fourth-order valence-corrected chi connectivity index (χ4v) is 4.81. The lowest BCUT2D eigenvalue weighted by Crippen LogP contribution is -2.47. The molecule has 1 aliphatic rings. The van der Waals surface area contributed by atoms with Gasteiger partial charge in [-0.1, -0.05) is 6.92 Å². The molecule has 2 unspecified atom stereocenters. The smallest absolute Gasteiger partial charge is 0.416 e. The molecule has 1 heterocycles. The quantitative estimate of drug-likeness (QED) is 0.288. The molecule has 0 spiro atoms. The van der Waals surface area contributed by atoms with Crippen molar-refractivity contribution in [2.75, 3.05) is 32.3 Å². The van der Waals surface area contributed by atoms with Gasteiger partial charge in [0, 0.05) is 24.2 Å². The van der Waals surface area contributed by atoms with Crippen molar-refractivity contribution in [3.8, 4) is 11.5 Å². The Morgan fingerprint density at radius 3 is 2.07 bits per heavy atom. The van der Waals surface area contributed by atoms with Crippen LogP contribution in [0.5, 0.6) is 11.5 Å². The molecule has 1 aliphatic heterocycles. The van der Waals surface area contributed by atoms with E-state index in [1.54, 1.807) is 13.8 Å². The van der Waals surface area contributed by atoms with Gasteiger partial charge in [-0.3, -0.25) is 9.80 Å². The first-order valence-electron chi connectivity index (χ1n) is 13.1. The van der Waals surface area contributed by atoms with Crippen LogP contribution < -0.4 is 14.4 Å². The normalized spacial score (nSPS) is 16.9. The number of hydrogen-bond donors (Lipinski definition) is 0. The lowest BCUT2D eigenvalue weighted by atomic mass is 9.90. The van der Waals surface area contributed by atoms with Crippen LogP contribution in [0.1, 0.15) is 61.9 Å². The minimum Gasteiger partial charge on any atom is -0.493 e. The highest BCUT2D eigenvalue weighted by Crippen LogP contribution is 2.47. The van der Waals surface area contributed by atoms with Crippen molar-refractivity contribution in [1.29, 1.82) is 0 Å². The van der Waals surface area contributed by atoms with Gasteiger partial charge < -0.3 is 18.9 Å². The van der Waals surface area contributed by atoms with E-state index in [1.807, 2.05) is 6.92 Å². The Morgan fingerprint density at radius 2 is 1.57 bits per heavy atom. The number of ether oxygens (including phenoxy) is 4. The SMILES string of the molecule is CCCOc1cc2c(cc1OC)N(C(=O)OCC)C(C)CC2N(Cc1cc(C(F)(F)F)cc(C(F)(F)F)c1)C(=O)OC. The zero-order chi connectivity index (χ0) is 31.4. The van der Waals surface area contributed by atoms with Crippen LogP contribution in [0.15, 0.2) is 30.3 Å². The van der Waals surface area contributed by atoms with E-state index >= 15 is 0 Å². The van der Waals surface area contributed by atoms with Crippen molar-refractivity contribution >= 4 is 17.9 Å². The third kappa shape index (κ3) is 7.13. The number of alkyl halides is 6. The van der Waals surface area contributed by atoms with E-state index in [0.29, 0.717) is 30.7 Å². The number of nitrogens with zero attached hydrogens (tertiary/aromatic N) is 2. The number of hydrogen-bond acceptors (Lipinski definition) is 6. The lowest BCUT2D eigenvalue weighted by Gasteiger charge is -2.42. The van der Waals surface area contributed by atoms with E-state index in [1.165, 1.54) is 24.1 Å². The Labute approximate surface area is 239 Å². The van der Waals surface area contributed by atoms with E-state index in [0.717, 1.165) is 12.0 Å². The monoisotopic (exact) mass is 606 g/mol. The van der Waals surface area contributed by atoms with Gasteiger partial charge in [0.15, 0.2) is 11.5 Å². The maximum absolute atomic E-state index is 13.6. The minimum absolute atomic E-state index is 0.0187.